The van der Waals surface area contributed by atoms with E-state index in [-0.39, 0.29) is 11.6 Å². The number of hydrogen-bond acceptors (Lipinski definition) is 4. The highest BCUT2D eigenvalue weighted by Crippen LogP contribution is 2.12. The van der Waals surface area contributed by atoms with Crippen molar-refractivity contribution in [1.82, 2.24) is 5.32 Å². The number of benzene rings is 1. The van der Waals surface area contributed by atoms with Gasteiger partial charge in [0.1, 0.15) is 0 Å². The SMILES string of the molecule is CCCCOCCCNC(=O)c1cccc([N+](=O)[O-])c1. The van der Waals surface area contributed by atoms with Crippen LogP contribution >= 0.6 is 0 Å². The molecule has 0 radical (unpaired) electrons. The molecule has 0 aliphatic rings. The summed E-state index contributed by atoms with van der Waals surface area (Å²) in [4.78, 5) is 21.9. The lowest BCUT2D eigenvalue weighted by atomic mass is 10.2. The highest BCUT2D eigenvalue weighted by molar-refractivity contribution is 5.94. The molecule has 1 aromatic carbocycles. The van der Waals surface area contributed by atoms with Crippen LogP contribution in [0.15, 0.2) is 24.3 Å². The summed E-state index contributed by atoms with van der Waals surface area (Å²) in [5.41, 5.74) is 0.214. The zero-order valence-electron chi connectivity index (χ0n) is 11.6. The first-order chi connectivity index (χ1) is 9.65. The van der Waals surface area contributed by atoms with Gasteiger partial charge in [-0.25, -0.2) is 0 Å². The van der Waals surface area contributed by atoms with E-state index in [1.807, 2.05) is 0 Å². The van der Waals surface area contributed by atoms with Gasteiger partial charge in [0.15, 0.2) is 0 Å². The molecule has 6 heteroatoms. The first kappa shape index (κ1) is 16.1. The maximum absolute atomic E-state index is 11.8. The molecule has 1 aromatic rings. The largest absolute Gasteiger partial charge is 0.381 e. The predicted molar refractivity (Wildman–Crippen MR) is 75.8 cm³/mol. The van der Waals surface area contributed by atoms with Crippen LogP contribution in [0, 0.1) is 10.1 Å². The van der Waals surface area contributed by atoms with Gasteiger partial charge in [-0.1, -0.05) is 19.4 Å². The second-order valence-electron chi connectivity index (χ2n) is 4.38. The summed E-state index contributed by atoms with van der Waals surface area (Å²) in [6, 6.07) is 5.69. The van der Waals surface area contributed by atoms with Crippen molar-refractivity contribution in [2.45, 2.75) is 26.2 Å². The lowest BCUT2D eigenvalue weighted by molar-refractivity contribution is -0.384. The number of carbonyl (C=O) groups is 1. The van der Waals surface area contributed by atoms with Gasteiger partial charge < -0.3 is 10.1 Å². The van der Waals surface area contributed by atoms with Crippen molar-refractivity contribution in [3.05, 3.63) is 39.9 Å². The molecule has 6 nitrogen and oxygen atoms in total. The van der Waals surface area contributed by atoms with E-state index >= 15 is 0 Å². The summed E-state index contributed by atoms with van der Waals surface area (Å²) in [7, 11) is 0. The zero-order valence-corrected chi connectivity index (χ0v) is 11.6. The van der Waals surface area contributed by atoms with E-state index in [9.17, 15) is 14.9 Å². The Morgan fingerprint density at radius 1 is 1.35 bits per heavy atom. The fourth-order valence-corrected chi connectivity index (χ4v) is 1.59. The number of amides is 1. The van der Waals surface area contributed by atoms with Gasteiger partial charge >= 0.3 is 0 Å². The highest BCUT2D eigenvalue weighted by Gasteiger charge is 2.10. The van der Waals surface area contributed by atoms with E-state index in [1.54, 1.807) is 6.07 Å². The minimum atomic E-state index is -0.516. The standard InChI is InChI=1S/C14H20N2O4/c1-2-3-9-20-10-5-8-15-14(17)12-6-4-7-13(11-12)16(18)19/h4,6-7,11H,2-3,5,8-10H2,1H3,(H,15,17). The number of nitrogens with zero attached hydrogens (tertiary/aromatic N) is 1. The molecule has 0 aliphatic heterocycles. The number of nitro benzene ring substituents is 1. The number of ether oxygens (including phenoxy) is 1. The van der Waals surface area contributed by atoms with Crippen LogP contribution in [0.5, 0.6) is 0 Å². The van der Waals surface area contributed by atoms with Crippen LogP contribution in [-0.2, 0) is 4.74 Å². The Bertz CT molecular complexity index is 449. The van der Waals surface area contributed by atoms with E-state index in [0.717, 1.165) is 25.9 Å². The molecule has 0 unspecified atom stereocenters. The average Bonchev–Trinajstić information content (AvgIpc) is 2.46. The number of unbranched alkanes of at least 4 members (excludes halogenated alkanes) is 1. The van der Waals surface area contributed by atoms with Gasteiger partial charge in [0, 0.05) is 37.5 Å². The Labute approximate surface area is 118 Å². The molecule has 0 saturated carbocycles. The van der Waals surface area contributed by atoms with Crippen LogP contribution in [0.25, 0.3) is 0 Å². The molecule has 0 aliphatic carbocycles. The number of hydrogen-bond donors (Lipinski definition) is 1. The molecule has 0 bridgehead atoms. The number of nitro groups is 1. The number of rotatable bonds is 9. The van der Waals surface area contributed by atoms with Crippen LogP contribution in [0.1, 0.15) is 36.5 Å². The van der Waals surface area contributed by atoms with Crippen molar-refractivity contribution in [1.29, 1.82) is 0 Å². The molecule has 1 amide bonds. The third kappa shape index (κ3) is 5.79. The summed E-state index contributed by atoms with van der Waals surface area (Å²) in [6.07, 6.45) is 2.87. The van der Waals surface area contributed by atoms with Crippen molar-refractivity contribution in [3.8, 4) is 0 Å². The average molecular weight is 280 g/mol. The fraction of sp³-hybridized carbons (Fsp3) is 0.500. The van der Waals surface area contributed by atoms with Crippen molar-refractivity contribution < 1.29 is 14.5 Å². The summed E-state index contributed by atoms with van der Waals surface area (Å²) < 4.78 is 5.37. The van der Waals surface area contributed by atoms with Crippen LogP contribution < -0.4 is 5.32 Å². The van der Waals surface area contributed by atoms with Gasteiger partial charge in [0.2, 0.25) is 0 Å². The van der Waals surface area contributed by atoms with Crippen molar-refractivity contribution in [3.63, 3.8) is 0 Å². The quantitative estimate of drug-likeness (QED) is 0.428. The van der Waals surface area contributed by atoms with Gasteiger partial charge in [-0.3, -0.25) is 14.9 Å². The topological polar surface area (TPSA) is 81.5 Å². The Morgan fingerprint density at radius 2 is 2.10 bits per heavy atom. The molecule has 1 N–H and O–H groups in total. The molecule has 0 aromatic heterocycles. The second kappa shape index (κ2) is 9.03. The monoisotopic (exact) mass is 280 g/mol. The van der Waals surface area contributed by atoms with Gasteiger partial charge in [-0.15, -0.1) is 0 Å². The first-order valence-electron chi connectivity index (χ1n) is 6.75. The highest BCUT2D eigenvalue weighted by atomic mass is 16.6. The Hall–Kier alpha value is -1.95. The summed E-state index contributed by atoms with van der Waals surface area (Å²) in [5, 5.41) is 13.3. The van der Waals surface area contributed by atoms with Crippen molar-refractivity contribution in [2.75, 3.05) is 19.8 Å². The maximum Gasteiger partial charge on any atom is 0.270 e. The van der Waals surface area contributed by atoms with Gasteiger partial charge in [0.05, 0.1) is 4.92 Å². The molecule has 0 atom stereocenters. The smallest absolute Gasteiger partial charge is 0.270 e. The molecule has 0 spiro atoms. The summed E-state index contributed by atoms with van der Waals surface area (Å²) in [5.74, 6) is -0.303. The van der Waals surface area contributed by atoms with Crippen LogP contribution in [0.3, 0.4) is 0 Å². The van der Waals surface area contributed by atoms with Gasteiger partial charge in [-0.05, 0) is 18.9 Å². The lowest BCUT2D eigenvalue weighted by Gasteiger charge is -2.06. The molecule has 110 valence electrons. The van der Waals surface area contributed by atoms with E-state index in [1.165, 1.54) is 18.2 Å². The molecule has 0 fully saturated rings. The minimum absolute atomic E-state index is 0.0828. The molecule has 1 rings (SSSR count). The van der Waals surface area contributed by atoms with Crippen LogP contribution in [0.4, 0.5) is 5.69 Å². The number of non-ortho nitro benzene ring substituents is 1. The Morgan fingerprint density at radius 3 is 2.80 bits per heavy atom. The maximum atomic E-state index is 11.8. The van der Waals surface area contributed by atoms with E-state index in [4.69, 9.17) is 4.74 Å². The molecular formula is C14H20N2O4. The molecular weight excluding hydrogens is 260 g/mol. The van der Waals surface area contributed by atoms with E-state index in [2.05, 4.69) is 12.2 Å². The van der Waals surface area contributed by atoms with E-state index in [0.29, 0.717) is 18.7 Å². The molecule has 20 heavy (non-hydrogen) atoms. The summed E-state index contributed by atoms with van der Waals surface area (Å²) >= 11 is 0. The predicted octanol–water partition coefficient (Wildman–Crippen LogP) is 2.53. The number of nitrogens with one attached hydrogen (secondary N) is 1. The van der Waals surface area contributed by atoms with Crippen molar-refractivity contribution in [2.24, 2.45) is 0 Å². The Balaban J connectivity index is 2.29. The van der Waals surface area contributed by atoms with Crippen molar-refractivity contribution >= 4 is 11.6 Å². The van der Waals surface area contributed by atoms with Crippen LogP contribution in [-0.4, -0.2) is 30.6 Å². The summed E-state index contributed by atoms with van der Waals surface area (Å²) in [6.45, 7) is 3.95. The first-order valence-corrected chi connectivity index (χ1v) is 6.75. The molecule has 0 heterocycles. The fourth-order valence-electron chi connectivity index (χ4n) is 1.59. The normalized spacial score (nSPS) is 10.2. The second-order valence-corrected chi connectivity index (χ2v) is 4.38. The lowest BCUT2D eigenvalue weighted by Crippen LogP contribution is -2.25. The van der Waals surface area contributed by atoms with E-state index < -0.39 is 4.92 Å². The van der Waals surface area contributed by atoms with Gasteiger partial charge in [0.25, 0.3) is 11.6 Å². The zero-order chi connectivity index (χ0) is 14.8. The number of carbonyl (C=O) groups excluding carboxylic acids is 1. The third-order valence-electron chi connectivity index (χ3n) is 2.71. The molecule has 0 saturated heterocycles. The van der Waals surface area contributed by atoms with Crippen LogP contribution in [0.2, 0.25) is 0 Å². The third-order valence-corrected chi connectivity index (χ3v) is 2.71. The Kier molecular flexibility index (Phi) is 7.27. The minimum Gasteiger partial charge on any atom is -0.381 e. The van der Waals surface area contributed by atoms with Gasteiger partial charge in [-0.2, -0.15) is 0 Å².